The van der Waals surface area contributed by atoms with E-state index in [2.05, 4.69) is 10.2 Å². The molecule has 1 aromatic heterocycles. The number of hydrogen-bond acceptors (Lipinski definition) is 4. The van der Waals surface area contributed by atoms with Gasteiger partial charge in [-0.15, -0.1) is 11.3 Å². The molecule has 0 amide bonds. The first-order valence-corrected chi connectivity index (χ1v) is 10.1. The number of hydrogen-bond donors (Lipinski definition) is 1. The fourth-order valence-corrected chi connectivity index (χ4v) is 4.76. The fraction of sp³-hybridized carbons (Fsp3) is 0.474. The molecule has 2 aromatic rings. The Kier molecular flexibility index (Phi) is 5.91. The van der Waals surface area contributed by atoms with E-state index < -0.39 is 0 Å². The molecule has 0 aliphatic heterocycles. The molecule has 1 fully saturated rings. The van der Waals surface area contributed by atoms with Crippen molar-refractivity contribution in [3.05, 3.63) is 29.8 Å². The Morgan fingerprint density at radius 3 is 2.76 bits per heavy atom. The van der Waals surface area contributed by atoms with E-state index in [0.29, 0.717) is 23.3 Å². The average molecular weight is 377 g/mol. The van der Waals surface area contributed by atoms with Crippen LogP contribution in [-0.2, 0) is 4.74 Å². The predicted molar refractivity (Wildman–Crippen MR) is 109 cm³/mol. The highest BCUT2D eigenvalue weighted by atomic mass is 32.1. The van der Waals surface area contributed by atoms with Crippen LogP contribution in [0.15, 0.2) is 24.3 Å². The molecule has 6 heteroatoms. The zero-order valence-corrected chi connectivity index (χ0v) is 16.3. The number of benzene rings is 1. The van der Waals surface area contributed by atoms with Gasteiger partial charge in [0.25, 0.3) is 0 Å². The van der Waals surface area contributed by atoms with E-state index in [1.165, 1.54) is 32.1 Å². The highest BCUT2D eigenvalue weighted by Crippen LogP contribution is 2.36. The van der Waals surface area contributed by atoms with Gasteiger partial charge in [-0.3, -0.25) is 0 Å². The summed E-state index contributed by atoms with van der Waals surface area (Å²) >= 11 is 7.17. The van der Waals surface area contributed by atoms with Crippen LogP contribution < -0.4 is 5.32 Å². The summed E-state index contributed by atoms with van der Waals surface area (Å²) in [4.78, 5) is 14.6. The minimum atomic E-state index is -0.300. The molecule has 0 saturated heterocycles. The maximum Gasteiger partial charge on any atom is 0.341 e. The van der Waals surface area contributed by atoms with Crippen molar-refractivity contribution in [2.24, 2.45) is 0 Å². The Hall–Kier alpha value is -1.66. The summed E-state index contributed by atoms with van der Waals surface area (Å²) in [6.45, 7) is 2.18. The highest BCUT2D eigenvalue weighted by molar-refractivity contribution is 7.80. The number of thiocarbonyl (C=S) groups is 1. The summed E-state index contributed by atoms with van der Waals surface area (Å²) < 4.78 is 6.32. The van der Waals surface area contributed by atoms with Crippen LogP contribution in [0.3, 0.4) is 0 Å². The number of nitrogens with one attached hydrogen (secondary N) is 1. The normalized spacial score (nSPS) is 15.1. The van der Waals surface area contributed by atoms with Crippen molar-refractivity contribution in [1.29, 1.82) is 0 Å². The second-order valence-electron chi connectivity index (χ2n) is 6.36. The molecule has 25 heavy (non-hydrogen) atoms. The van der Waals surface area contributed by atoms with Crippen LogP contribution in [0, 0.1) is 0 Å². The molecule has 1 aromatic carbocycles. The van der Waals surface area contributed by atoms with Gasteiger partial charge in [-0.05, 0) is 38.0 Å². The second kappa shape index (κ2) is 8.15. The number of fused-ring (bicyclic) bond motifs is 1. The molecule has 1 aliphatic rings. The third-order valence-corrected chi connectivity index (χ3v) is 6.21. The molecule has 4 nitrogen and oxygen atoms in total. The zero-order chi connectivity index (χ0) is 17.8. The van der Waals surface area contributed by atoms with Gasteiger partial charge in [0, 0.05) is 23.2 Å². The summed E-state index contributed by atoms with van der Waals surface area (Å²) in [7, 11) is 2.04. The van der Waals surface area contributed by atoms with Crippen LogP contribution in [0.2, 0.25) is 0 Å². The van der Waals surface area contributed by atoms with Gasteiger partial charge in [0.05, 0.1) is 6.61 Å². The molecule has 0 bridgehead atoms. The molecule has 1 N–H and O–H groups in total. The Bertz CT molecular complexity index is 766. The number of anilines is 1. The number of ether oxygens (including phenoxy) is 1. The molecule has 1 saturated carbocycles. The highest BCUT2D eigenvalue weighted by Gasteiger charge is 2.24. The first-order chi connectivity index (χ1) is 12.1. The summed E-state index contributed by atoms with van der Waals surface area (Å²) in [5, 5.41) is 5.67. The quantitative estimate of drug-likeness (QED) is 0.598. The summed E-state index contributed by atoms with van der Waals surface area (Å²) in [5.41, 5.74) is 0.585. The largest absolute Gasteiger partial charge is 0.462 e. The second-order valence-corrected chi connectivity index (χ2v) is 7.79. The lowest BCUT2D eigenvalue weighted by Gasteiger charge is -2.33. The van der Waals surface area contributed by atoms with Gasteiger partial charge in [0.1, 0.15) is 10.6 Å². The monoisotopic (exact) mass is 376 g/mol. The molecule has 0 unspecified atom stereocenters. The Labute approximate surface area is 158 Å². The molecule has 1 aliphatic carbocycles. The summed E-state index contributed by atoms with van der Waals surface area (Å²) in [6.07, 6.45) is 6.18. The lowest BCUT2D eigenvalue weighted by molar-refractivity contribution is 0.0530. The third kappa shape index (κ3) is 3.96. The van der Waals surface area contributed by atoms with Gasteiger partial charge in [-0.25, -0.2) is 4.79 Å². The molecule has 3 rings (SSSR count). The van der Waals surface area contributed by atoms with Gasteiger partial charge in [0.2, 0.25) is 0 Å². The summed E-state index contributed by atoms with van der Waals surface area (Å²) in [5.74, 6) is -0.300. The van der Waals surface area contributed by atoms with Crippen LogP contribution >= 0.6 is 23.6 Å². The van der Waals surface area contributed by atoms with Gasteiger partial charge < -0.3 is 15.0 Å². The number of carbonyl (C=O) groups excluding carboxylic acids is 1. The molecule has 1 heterocycles. The standard InChI is InChI=1S/C19H24N2O2S2/c1-3-23-18(22)16-14-11-7-8-12-15(14)25-17(16)20-19(24)21(2)13-9-5-4-6-10-13/h7-8,11-13H,3-6,9-10H2,1-2H3,(H,20,24). The molecule has 0 radical (unpaired) electrons. The van der Waals surface area contributed by atoms with Crippen LogP contribution in [0.5, 0.6) is 0 Å². The minimum Gasteiger partial charge on any atom is -0.462 e. The smallest absolute Gasteiger partial charge is 0.341 e. The first kappa shape index (κ1) is 18.1. The van der Waals surface area contributed by atoms with Gasteiger partial charge in [-0.2, -0.15) is 0 Å². The van der Waals surface area contributed by atoms with Gasteiger partial charge in [-0.1, -0.05) is 37.5 Å². The Morgan fingerprint density at radius 2 is 2.04 bits per heavy atom. The topological polar surface area (TPSA) is 41.6 Å². The van der Waals surface area contributed by atoms with Crippen molar-refractivity contribution >= 4 is 49.7 Å². The van der Waals surface area contributed by atoms with E-state index in [4.69, 9.17) is 17.0 Å². The van der Waals surface area contributed by atoms with E-state index in [1.807, 2.05) is 38.2 Å². The van der Waals surface area contributed by atoms with Crippen molar-refractivity contribution in [3.8, 4) is 0 Å². The lowest BCUT2D eigenvalue weighted by atomic mass is 9.95. The number of thiophene rings is 1. The van der Waals surface area contributed by atoms with Crippen LogP contribution in [0.1, 0.15) is 49.4 Å². The number of esters is 1. The molecule has 0 atom stereocenters. The SMILES string of the molecule is CCOC(=O)c1c(NC(=S)N(C)C2CCCCC2)sc2ccccc12. The van der Waals surface area contributed by atoms with Gasteiger partial charge in [0.15, 0.2) is 5.11 Å². The number of nitrogens with zero attached hydrogens (tertiary/aromatic N) is 1. The van der Waals surface area contributed by atoms with Crippen molar-refractivity contribution < 1.29 is 9.53 Å². The van der Waals surface area contributed by atoms with Crippen molar-refractivity contribution in [1.82, 2.24) is 4.90 Å². The van der Waals surface area contributed by atoms with E-state index in [-0.39, 0.29) is 5.97 Å². The van der Waals surface area contributed by atoms with Crippen LogP contribution in [-0.4, -0.2) is 35.7 Å². The summed E-state index contributed by atoms with van der Waals surface area (Å²) in [6, 6.07) is 8.37. The number of carbonyl (C=O) groups is 1. The van der Waals surface area contributed by atoms with E-state index >= 15 is 0 Å². The number of rotatable bonds is 4. The Morgan fingerprint density at radius 1 is 1.32 bits per heavy atom. The lowest BCUT2D eigenvalue weighted by Crippen LogP contribution is -2.40. The predicted octanol–water partition coefficient (Wildman–Crippen LogP) is 5.04. The van der Waals surface area contributed by atoms with Crippen molar-refractivity contribution in [2.75, 3.05) is 19.0 Å². The third-order valence-electron chi connectivity index (χ3n) is 4.74. The van der Waals surface area contributed by atoms with Crippen LogP contribution in [0.4, 0.5) is 5.00 Å². The van der Waals surface area contributed by atoms with E-state index in [9.17, 15) is 4.79 Å². The van der Waals surface area contributed by atoms with Crippen molar-refractivity contribution in [3.63, 3.8) is 0 Å². The van der Waals surface area contributed by atoms with Gasteiger partial charge >= 0.3 is 5.97 Å². The molecular formula is C19H24N2O2S2. The maximum absolute atomic E-state index is 12.5. The molecule has 134 valence electrons. The first-order valence-electron chi connectivity index (χ1n) is 8.84. The van der Waals surface area contributed by atoms with E-state index in [0.717, 1.165) is 15.1 Å². The maximum atomic E-state index is 12.5. The Balaban J connectivity index is 1.85. The van der Waals surface area contributed by atoms with Crippen LogP contribution in [0.25, 0.3) is 10.1 Å². The minimum absolute atomic E-state index is 0.300. The average Bonchev–Trinajstić information content (AvgIpc) is 2.99. The zero-order valence-electron chi connectivity index (χ0n) is 14.7. The molecular weight excluding hydrogens is 352 g/mol. The fourth-order valence-electron chi connectivity index (χ4n) is 3.36. The molecule has 0 spiro atoms. The van der Waals surface area contributed by atoms with Crippen molar-refractivity contribution in [2.45, 2.75) is 45.1 Å². The van der Waals surface area contributed by atoms with E-state index in [1.54, 1.807) is 11.3 Å².